The number of ether oxygens (including phenoxy) is 1. The topological polar surface area (TPSA) is 111 Å². The first-order valence-corrected chi connectivity index (χ1v) is 5.72. The van der Waals surface area contributed by atoms with Crippen LogP contribution in [0.3, 0.4) is 0 Å². The summed E-state index contributed by atoms with van der Waals surface area (Å²) in [5.41, 5.74) is 3.53. The maximum Gasteiger partial charge on any atom is 0.351 e. The largest absolute Gasteiger partial charge is 0.390 e. The number of halogens is 1. The normalized spacial score (nSPS) is 33.5. The summed E-state index contributed by atoms with van der Waals surface area (Å²) in [7, 11) is 0. The van der Waals surface area contributed by atoms with E-state index in [1.165, 1.54) is 26.1 Å². The molecule has 0 aliphatic carbocycles. The molecule has 3 atom stereocenters. The van der Waals surface area contributed by atoms with Crippen molar-refractivity contribution in [1.29, 1.82) is 0 Å². The lowest BCUT2D eigenvalue weighted by Crippen LogP contribution is -2.43. The molecule has 1 fully saturated rings. The van der Waals surface area contributed by atoms with Crippen LogP contribution in [0, 0.1) is 5.41 Å². The lowest BCUT2D eigenvalue weighted by molar-refractivity contribution is -0.207. The summed E-state index contributed by atoms with van der Waals surface area (Å²) in [6, 6.07) is 1.37. The molecule has 19 heavy (non-hydrogen) atoms. The zero-order valence-corrected chi connectivity index (χ0v) is 10.6. The summed E-state index contributed by atoms with van der Waals surface area (Å²) in [6.45, 7) is 2.05. The summed E-state index contributed by atoms with van der Waals surface area (Å²) >= 11 is 0. The number of anilines is 1. The van der Waals surface area contributed by atoms with Crippen LogP contribution in [-0.2, 0) is 4.74 Å². The number of alkyl halides is 1. The Hall–Kier alpha value is -1.51. The van der Waals surface area contributed by atoms with Crippen LogP contribution in [0.2, 0.25) is 0 Å². The molecule has 1 aliphatic heterocycles. The number of rotatable bonds is 2. The van der Waals surface area contributed by atoms with Crippen molar-refractivity contribution in [2.24, 2.45) is 5.41 Å². The molecular formula is C11H16FN3O4. The predicted octanol–water partition coefficient (Wildman–Crippen LogP) is -0.601. The number of nitrogen functional groups attached to an aromatic ring is 1. The maximum atomic E-state index is 14.2. The highest BCUT2D eigenvalue weighted by atomic mass is 19.2. The molecule has 0 amide bonds. The van der Waals surface area contributed by atoms with E-state index >= 15 is 0 Å². The minimum atomic E-state index is -2.62. The molecular weight excluding hydrogens is 257 g/mol. The lowest BCUT2D eigenvalue weighted by Gasteiger charge is -2.28. The molecule has 0 spiro atoms. The second kappa shape index (κ2) is 4.26. The van der Waals surface area contributed by atoms with Gasteiger partial charge in [-0.1, -0.05) is 13.8 Å². The van der Waals surface area contributed by atoms with Gasteiger partial charge < -0.3 is 20.7 Å². The van der Waals surface area contributed by atoms with Crippen LogP contribution < -0.4 is 11.4 Å². The number of nitrogens with zero attached hydrogens (tertiary/aromatic N) is 2. The third kappa shape index (κ3) is 2.01. The summed E-state index contributed by atoms with van der Waals surface area (Å²) in [5.74, 6) is -2.58. The summed E-state index contributed by atoms with van der Waals surface area (Å²) < 4.78 is 20.3. The molecule has 2 heterocycles. The number of hydrogen-bond acceptors (Lipinski definition) is 6. The molecule has 0 aromatic carbocycles. The Morgan fingerprint density at radius 2 is 2.26 bits per heavy atom. The molecule has 1 aliphatic rings. The van der Waals surface area contributed by atoms with E-state index in [1.54, 1.807) is 0 Å². The second-order valence-electron chi connectivity index (χ2n) is 5.18. The van der Waals surface area contributed by atoms with Crippen molar-refractivity contribution in [1.82, 2.24) is 9.55 Å². The fraction of sp³-hybridized carbons (Fsp3) is 0.636. The Labute approximate surface area is 108 Å². The van der Waals surface area contributed by atoms with Crippen LogP contribution >= 0.6 is 0 Å². The van der Waals surface area contributed by atoms with E-state index in [2.05, 4.69) is 4.98 Å². The van der Waals surface area contributed by atoms with E-state index in [0.29, 0.717) is 0 Å². The lowest BCUT2D eigenvalue weighted by atomic mass is 9.84. The highest BCUT2D eigenvalue weighted by Gasteiger charge is 2.60. The number of hydrogen-bond donors (Lipinski definition) is 3. The van der Waals surface area contributed by atoms with Gasteiger partial charge in [-0.25, -0.2) is 9.18 Å². The first-order chi connectivity index (χ1) is 8.72. The Morgan fingerprint density at radius 1 is 1.63 bits per heavy atom. The van der Waals surface area contributed by atoms with Gasteiger partial charge in [-0.05, 0) is 6.07 Å². The number of aromatic nitrogens is 2. The SMILES string of the molecule is CC1(C)[C@H](n2ccc(N)nc2=O)O[C@](F)(CO)[C@H]1O. The smallest absolute Gasteiger partial charge is 0.351 e. The molecule has 1 aromatic rings. The van der Waals surface area contributed by atoms with Crippen molar-refractivity contribution in [3.05, 3.63) is 22.7 Å². The van der Waals surface area contributed by atoms with Crippen LogP contribution in [0.5, 0.6) is 0 Å². The third-order valence-electron chi connectivity index (χ3n) is 3.38. The van der Waals surface area contributed by atoms with Gasteiger partial charge in [0.25, 0.3) is 5.85 Å². The fourth-order valence-corrected chi connectivity index (χ4v) is 2.24. The van der Waals surface area contributed by atoms with Crippen LogP contribution in [0.15, 0.2) is 17.1 Å². The number of aliphatic hydroxyl groups is 2. The number of nitrogens with two attached hydrogens (primary N) is 1. The van der Waals surface area contributed by atoms with E-state index in [9.17, 15) is 14.3 Å². The van der Waals surface area contributed by atoms with E-state index in [0.717, 1.165) is 4.57 Å². The summed E-state index contributed by atoms with van der Waals surface area (Å²) in [6.07, 6.45) is -1.37. The summed E-state index contributed by atoms with van der Waals surface area (Å²) in [4.78, 5) is 15.3. The van der Waals surface area contributed by atoms with Gasteiger partial charge in [0.15, 0.2) is 0 Å². The zero-order chi connectivity index (χ0) is 14.4. The van der Waals surface area contributed by atoms with Crippen molar-refractivity contribution in [3.8, 4) is 0 Å². The summed E-state index contributed by atoms with van der Waals surface area (Å²) in [5, 5.41) is 19.0. The first kappa shape index (κ1) is 13.9. The van der Waals surface area contributed by atoms with Gasteiger partial charge in [0.1, 0.15) is 24.8 Å². The zero-order valence-electron chi connectivity index (χ0n) is 10.6. The molecule has 0 bridgehead atoms. The molecule has 0 radical (unpaired) electrons. The van der Waals surface area contributed by atoms with Crippen molar-refractivity contribution in [2.75, 3.05) is 12.3 Å². The van der Waals surface area contributed by atoms with Gasteiger partial charge >= 0.3 is 5.69 Å². The van der Waals surface area contributed by atoms with Gasteiger partial charge in [0.05, 0.1) is 0 Å². The average molecular weight is 273 g/mol. The Bertz CT molecular complexity index is 547. The van der Waals surface area contributed by atoms with E-state index < -0.39 is 35.9 Å². The molecule has 7 nitrogen and oxygen atoms in total. The number of aliphatic hydroxyl groups excluding tert-OH is 2. The minimum Gasteiger partial charge on any atom is -0.390 e. The van der Waals surface area contributed by atoms with Gasteiger partial charge in [0.2, 0.25) is 0 Å². The van der Waals surface area contributed by atoms with Crippen molar-refractivity contribution in [3.63, 3.8) is 0 Å². The van der Waals surface area contributed by atoms with Crippen LogP contribution in [-0.4, -0.2) is 38.3 Å². The second-order valence-corrected chi connectivity index (χ2v) is 5.18. The molecule has 1 aromatic heterocycles. The van der Waals surface area contributed by atoms with Gasteiger partial charge in [-0.2, -0.15) is 4.98 Å². The van der Waals surface area contributed by atoms with E-state index in [1.807, 2.05) is 0 Å². The Morgan fingerprint density at radius 3 is 2.74 bits per heavy atom. The van der Waals surface area contributed by atoms with Crippen molar-refractivity contribution in [2.45, 2.75) is 32.0 Å². The molecule has 8 heteroatoms. The Kier molecular flexibility index (Phi) is 3.12. The van der Waals surface area contributed by atoms with Crippen molar-refractivity contribution < 1.29 is 19.3 Å². The quantitative estimate of drug-likeness (QED) is 0.663. The molecule has 2 rings (SSSR count). The highest BCUT2D eigenvalue weighted by Crippen LogP contribution is 2.49. The van der Waals surface area contributed by atoms with Crippen LogP contribution in [0.1, 0.15) is 20.1 Å². The first-order valence-electron chi connectivity index (χ1n) is 5.72. The molecule has 4 N–H and O–H groups in total. The monoisotopic (exact) mass is 273 g/mol. The molecule has 1 saturated heterocycles. The van der Waals surface area contributed by atoms with Gasteiger partial charge in [-0.15, -0.1) is 0 Å². The van der Waals surface area contributed by atoms with Gasteiger partial charge in [0, 0.05) is 11.6 Å². The van der Waals surface area contributed by atoms with E-state index in [-0.39, 0.29) is 5.82 Å². The van der Waals surface area contributed by atoms with Crippen molar-refractivity contribution >= 4 is 5.82 Å². The van der Waals surface area contributed by atoms with Gasteiger partial charge in [-0.3, -0.25) is 4.57 Å². The molecule has 0 unspecified atom stereocenters. The van der Waals surface area contributed by atoms with Crippen LogP contribution in [0.25, 0.3) is 0 Å². The molecule has 106 valence electrons. The standard InChI is InChI=1S/C11H16FN3O4/c1-10(2)7(17)11(12,5-16)19-8(10)15-4-3-6(13)14-9(15)18/h3-4,7-8,16-17H,5H2,1-2H3,(H2,13,14,18)/t7-,8+,11+/m0/s1. The predicted molar refractivity (Wildman–Crippen MR) is 63.7 cm³/mol. The highest BCUT2D eigenvalue weighted by molar-refractivity contribution is 5.23. The third-order valence-corrected chi connectivity index (χ3v) is 3.38. The molecule has 0 saturated carbocycles. The van der Waals surface area contributed by atoms with E-state index in [4.69, 9.17) is 15.6 Å². The average Bonchev–Trinajstić information content (AvgIpc) is 2.51. The Balaban J connectivity index is 2.48. The minimum absolute atomic E-state index is 0.0336. The fourth-order valence-electron chi connectivity index (χ4n) is 2.24. The van der Waals surface area contributed by atoms with Crippen LogP contribution in [0.4, 0.5) is 10.2 Å². The maximum absolute atomic E-state index is 14.2.